The molecule has 0 amide bonds. The number of ether oxygens (including phenoxy) is 1. The zero-order valence-corrected chi connectivity index (χ0v) is 12.5. The fraction of sp³-hybridized carbons (Fsp3) is 1.00. The second-order valence-corrected chi connectivity index (χ2v) is 7.04. The van der Waals surface area contributed by atoms with Gasteiger partial charge in [-0.1, -0.05) is 6.92 Å². The van der Waals surface area contributed by atoms with Gasteiger partial charge in [0.25, 0.3) is 0 Å². The molecule has 3 heteroatoms. The van der Waals surface area contributed by atoms with E-state index in [0.29, 0.717) is 5.41 Å². The van der Waals surface area contributed by atoms with Crippen LogP contribution in [0.4, 0.5) is 0 Å². The van der Waals surface area contributed by atoms with Crippen molar-refractivity contribution in [3.63, 3.8) is 0 Å². The highest BCUT2D eigenvalue weighted by atomic mass is 16.5. The van der Waals surface area contributed by atoms with E-state index in [2.05, 4.69) is 17.1 Å². The molecule has 0 aromatic rings. The van der Waals surface area contributed by atoms with Crippen LogP contribution in [-0.4, -0.2) is 50.3 Å². The topological polar surface area (TPSA) is 24.5 Å². The molecule has 110 valence electrons. The van der Waals surface area contributed by atoms with Crippen LogP contribution in [0, 0.1) is 11.3 Å². The van der Waals surface area contributed by atoms with Gasteiger partial charge in [0.15, 0.2) is 0 Å². The molecule has 0 spiro atoms. The molecule has 3 aliphatic rings. The Kier molecular flexibility index (Phi) is 4.45. The number of hydrogen-bond donors (Lipinski definition) is 1. The minimum absolute atomic E-state index is 0.478. The lowest BCUT2D eigenvalue weighted by atomic mass is 9.79. The summed E-state index contributed by atoms with van der Waals surface area (Å²) in [7, 11) is 0. The molecule has 2 saturated carbocycles. The minimum atomic E-state index is 0.478. The largest absolute Gasteiger partial charge is 0.381 e. The first-order chi connectivity index (χ1) is 9.30. The third kappa shape index (κ3) is 4.17. The summed E-state index contributed by atoms with van der Waals surface area (Å²) < 4.78 is 5.61. The van der Waals surface area contributed by atoms with E-state index >= 15 is 0 Å². The number of nitrogens with zero attached hydrogens (tertiary/aromatic N) is 1. The highest BCUT2D eigenvalue weighted by Gasteiger charge is 2.36. The molecule has 0 aromatic carbocycles. The zero-order chi connectivity index (χ0) is 13.1. The second-order valence-electron chi connectivity index (χ2n) is 7.04. The third-order valence-corrected chi connectivity index (χ3v) is 5.12. The Morgan fingerprint density at radius 1 is 1.16 bits per heavy atom. The van der Waals surface area contributed by atoms with Gasteiger partial charge in [-0.05, 0) is 56.4 Å². The van der Waals surface area contributed by atoms with Crippen molar-refractivity contribution in [1.82, 2.24) is 10.2 Å². The average Bonchev–Trinajstić information content (AvgIpc) is 3.31. The number of hydrogen-bond acceptors (Lipinski definition) is 3. The van der Waals surface area contributed by atoms with Crippen molar-refractivity contribution in [3.05, 3.63) is 0 Å². The zero-order valence-electron chi connectivity index (χ0n) is 12.5. The number of nitrogens with one attached hydrogen (secondary N) is 1. The van der Waals surface area contributed by atoms with Crippen LogP contribution in [0.25, 0.3) is 0 Å². The van der Waals surface area contributed by atoms with Crippen molar-refractivity contribution >= 4 is 0 Å². The normalized spacial score (nSPS) is 26.8. The standard InChI is InChI=1S/C16H30N2O/c1-2-18(11-14-3-4-14)13-16(7-9-19-10-8-16)12-17-15-5-6-15/h14-15,17H,2-13H2,1H3. The molecule has 2 aliphatic carbocycles. The molecule has 0 bridgehead atoms. The summed E-state index contributed by atoms with van der Waals surface area (Å²) in [5.41, 5.74) is 0.478. The van der Waals surface area contributed by atoms with E-state index in [1.54, 1.807) is 0 Å². The Bertz CT molecular complexity index is 280. The molecule has 3 fully saturated rings. The van der Waals surface area contributed by atoms with Crippen molar-refractivity contribution in [2.75, 3.05) is 39.4 Å². The predicted molar refractivity (Wildman–Crippen MR) is 78.3 cm³/mol. The second kappa shape index (κ2) is 6.11. The van der Waals surface area contributed by atoms with Crippen molar-refractivity contribution < 1.29 is 4.74 Å². The predicted octanol–water partition coefficient (Wildman–Crippen LogP) is 2.27. The first kappa shape index (κ1) is 13.8. The molecule has 0 unspecified atom stereocenters. The van der Waals surface area contributed by atoms with E-state index in [9.17, 15) is 0 Å². The van der Waals surface area contributed by atoms with Crippen molar-refractivity contribution in [1.29, 1.82) is 0 Å². The molecule has 1 heterocycles. The summed E-state index contributed by atoms with van der Waals surface area (Å²) in [6.07, 6.45) is 8.21. The number of rotatable bonds is 8. The van der Waals surface area contributed by atoms with E-state index in [0.717, 1.165) is 25.2 Å². The quantitative estimate of drug-likeness (QED) is 0.729. The Labute approximate surface area is 118 Å². The molecule has 3 rings (SSSR count). The van der Waals surface area contributed by atoms with Crippen LogP contribution >= 0.6 is 0 Å². The maximum absolute atomic E-state index is 5.61. The lowest BCUT2D eigenvalue weighted by molar-refractivity contribution is -0.00450. The van der Waals surface area contributed by atoms with E-state index in [1.807, 2.05) is 0 Å². The van der Waals surface area contributed by atoms with Crippen molar-refractivity contribution in [3.8, 4) is 0 Å². The highest BCUT2D eigenvalue weighted by Crippen LogP contribution is 2.35. The van der Waals surface area contributed by atoms with Gasteiger partial charge in [-0.2, -0.15) is 0 Å². The van der Waals surface area contributed by atoms with Crippen LogP contribution in [0.15, 0.2) is 0 Å². The summed E-state index contributed by atoms with van der Waals surface area (Å²) in [5, 5.41) is 3.78. The first-order valence-electron chi connectivity index (χ1n) is 8.33. The van der Waals surface area contributed by atoms with Crippen molar-refractivity contribution in [2.45, 2.75) is 51.5 Å². The molecule has 1 N–H and O–H groups in total. The van der Waals surface area contributed by atoms with Gasteiger partial charge >= 0.3 is 0 Å². The molecule has 19 heavy (non-hydrogen) atoms. The molecule has 0 aromatic heterocycles. The van der Waals surface area contributed by atoms with Crippen LogP contribution in [0.5, 0.6) is 0 Å². The highest BCUT2D eigenvalue weighted by molar-refractivity contribution is 4.91. The lowest BCUT2D eigenvalue weighted by Crippen LogP contribution is -2.48. The smallest absolute Gasteiger partial charge is 0.0472 e. The first-order valence-corrected chi connectivity index (χ1v) is 8.33. The summed E-state index contributed by atoms with van der Waals surface area (Å²) in [6, 6.07) is 0.832. The Morgan fingerprint density at radius 2 is 1.89 bits per heavy atom. The van der Waals surface area contributed by atoms with Crippen LogP contribution in [0.1, 0.15) is 45.4 Å². The molecular weight excluding hydrogens is 236 g/mol. The van der Waals surface area contributed by atoms with Gasteiger partial charge in [-0.25, -0.2) is 0 Å². The summed E-state index contributed by atoms with van der Waals surface area (Å²) in [6.45, 7) is 9.29. The van der Waals surface area contributed by atoms with Gasteiger partial charge < -0.3 is 15.0 Å². The van der Waals surface area contributed by atoms with Crippen LogP contribution in [-0.2, 0) is 4.74 Å². The molecular formula is C16H30N2O. The van der Waals surface area contributed by atoms with E-state index < -0.39 is 0 Å². The fourth-order valence-electron chi connectivity index (χ4n) is 3.29. The maximum atomic E-state index is 5.61. The van der Waals surface area contributed by atoms with Gasteiger partial charge in [-0.3, -0.25) is 0 Å². The Morgan fingerprint density at radius 3 is 2.47 bits per heavy atom. The van der Waals surface area contributed by atoms with Crippen LogP contribution in [0.3, 0.4) is 0 Å². The third-order valence-electron chi connectivity index (χ3n) is 5.12. The molecule has 3 nitrogen and oxygen atoms in total. The van der Waals surface area contributed by atoms with E-state index in [4.69, 9.17) is 4.74 Å². The van der Waals surface area contributed by atoms with Gasteiger partial charge in [0, 0.05) is 38.9 Å². The van der Waals surface area contributed by atoms with E-state index in [-0.39, 0.29) is 0 Å². The maximum Gasteiger partial charge on any atom is 0.0472 e. The lowest BCUT2D eigenvalue weighted by Gasteiger charge is -2.41. The van der Waals surface area contributed by atoms with E-state index in [1.165, 1.54) is 64.7 Å². The Hall–Kier alpha value is -0.120. The molecule has 0 radical (unpaired) electrons. The SMILES string of the molecule is CCN(CC1CC1)CC1(CNC2CC2)CCOCC1. The summed E-state index contributed by atoms with van der Waals surface area (Å²) in [4.78, 5) is 2.71. The molecule has 0 atom stereocenters. The minimum Gasteiger partial charge on any atom is -0.381 e. The van der Waals surface area contributed by atoms with Gasteiger partial charge in [0.05, 0.1) is 0 Å². The Balaban J connectivity index is 1.55. The van der Waals surface area contributed by atoms with Crippen molar-refractivity contribution in [2.24, 2.45) is 11.3 Å². The fourth-order valence-corrected chi connectivity index (χ4v) is 3.29. The van der Waals surface area contributed by atoms with Gasteiger partial charge in [0.1, 0.15) is 0 Å². The van der Waals surface area contributed by atoms with Gasteiger partial charge in [0.2, 0.25) is 0 Å². The summed E-state index contributed by atoms with van der Waals surface area (Å²) in [5.74, 6) is 1.01. The summed E-state index contributed by atoms with van der Waals surface area (Å²) >= 11 is 0. The van der Waals surface area contributed by atoms with Crippen LogP contribution in [0.2, 0.25) is 0 Å². The van der Waals surface area contributed by atoms with Gasteiger partial charge in [-0.15, -0.1) is 0 Å². The molecule has 1 saturated heterocycles. The molecule has 1 aliphatic heterocycles. The monoisotopic (exact) mass is 266 g/mol. The van der Waals surface area contributed by atoms with Crippen LogP contribution < -0.4 is 5.32 Å². The average molecular weight is 266 g/mol.